The van der Waals surface area contributed by atoms with Crippen LogP contribution in [0.1, 0.15) is 18.4 Å². The fourth-order valence-corrected chi connectivity index (χ4v) is 2.61. The molecule has 0 bridgehead atoms. The highest BCUT2D eigenvalue weighted by molar-refractivity contribution is 7.17. The van der Waals surface area contributed by atoms with Gasteiger partial charge in [0.1, 0.15) is 5.82 Å². The molecule has 3 heteroatoms. The molecule has 1 atom stereocenters. The van der Waals surface area contributed by atoms with E-state index in [1.807, 2.05) is 12.3 Å². The van der Waals surface area contributed by atoms with Crippen LogP contribution < -0.4 is 0 Å². The Morgan fingerprint density at radius 3 is 3.00 bits per heavy atom. The maximum absolute atomic E-state index is 12.9. The molecule has 2 aromatic rings. The average Bonchev–Trinajstić information content (AvgIpc) is 2.59. The molecule has 0 saturated carbocycles. The number of hydrogen-bond donors (Lipinski definition) is 1. The molecule has 1 aromatic carbocycles. The molecule has 1 unspecified atom stereocenters. The van der Waals surface area contributed by atoms with Gasteiger partial charge in [-0.2, -0.15) is 0 Å². The fourth-order valence-electron chi connectivity index (χ4n) is 1.50. The van der Waals surface area contributed by atoms with Gasteiger partial charge in [-0.05, 0) is 28.5 Å². The molecule has 0 amide bonds. The molecule has 1 nitrogen and oxygen atoms in total. The predicted octanol–water partition coefficient (Wildman–Crippen LogP) is 3.14. The molecule has 2 rings (SSSR count). The average molecular weight is 210 g/mol. The predicted molar refractivity (Wildman–Crippen MR) is 57.3 cm³/mol. The highest BCUT2D eigenvalue weighted by atomic mass is 32.1. The van der Waals surface area contributed by atoms with Crippen molar-refractivity contribution in [1.29, 1.82) is 0 Å². The zero-order valence-electron chi connectivity index (χ0n) is 7.83. The van der Waals surface area contributed by atoms with Gasteiger partial charge in [0.15, 0.2) is 0 Å². The number of aliphatic hydroxyl groups excluding tert-OH is 1. The lowest BCUT2D eigenvalue weighted by Gasteiger charge is -2.05. The zero-order chi connectivity index (χ0) is 10.1. The van der Waals surface area contributed by atoms with Crippen molar-refractivity contribution in [3.63, 3.8) is 0 Å². The molecule has 0 aliphatic rings. The van der Waals surface area contributed by atoms with Crippen LogP contribution in [0.3, 0.4) is 0 Å². The number of rotatable bonds is 2. The first-order chi connectivity index (χ1) is 6.72. The number of aliphatic hydroxyl groups is 1. The summed E-state index contributed by atoms with van der Waals surface area (Å²) in [5.41, 5.74) is 1.10. The van der Waals surface area contributed by atoms with Crippen LogP contribution in [0.5, 0.6) is 0 Å². The Bertz CT molecular complexity index is 449. The number of fused-ring (bicyclic) bond motifs is 1. The van der Waals surface area contributed by atoms with Crippen molar-refractivity contribution >= 4 is 21.4 Å². The summed E-state index contributed by atoms with van der Waals surface area (Å²) in [6.45, 7) is 2.09. The van der Waals surface area contributed by atoms with E-state index in [1.165, 1.54) is 23.5 Å². The first kappa shape index (κ1) is 9.62. The van der Waals surface area contributed by atoms with E-state index < -0.39 is 0 Å². The topological polar surface area (TPSA) is 20.2 Å². The van der Waals surface area contributed by atoms with Crippen molar-refractivity contribution in [2.75, 3.05) is 6.61 Å². The SMILES string of the molecule is CC(CO)c1csc2cc(F)ccc12. The molecular formula is C11H11FOS. The van der Waals surface area contributed by atoms with E-state index in [-0.39, 0.29) is 18.3 Å². The van der Waals surface area contributed by atoms with E-state index in [2.05, 4.69) is 0 Å². The van der Waals surface area contributed by atoms with Gasteiger partial charge in [-0.3, -0.25) is 0 Å². The van der Waals surface area contributed by atoms with Gasteiger partial charge < -0.3 is 5.11 Å². The van der Waals surface area contributed by atoms with Crippen LogP contribution >= 0.6 is 11.3 Å². The maximum Gasteiger partial charge on any atom is 0.124 e. The molecule has 1 aromatic heterocycles. The van der Waals surface area contributed by atoms with Gasteiger partial charge in [0.25, 0.3) is 0 Å². The third-order valence-corrected chi connectivity index (χ3v) is 3.34. The summed E-state index contributed by atoms with van der Waals surface area (Å²) in [6, 6.07) is 4.78. The van der Waals surface area contributed by atoms with E-state index >= 15 is 0 Å². The van der Waals surface area contributed by atoms with Gasteiger partial charge in [0.05, 0.1) is 0 Å². The summed E-state index contributed by atoms with van der Waals surface area (Å²) >= 11 is 1.52. The summed E-state index contributed by atoms with van der Waals surface area (Å²) in [6.07, 6.45) is 0. The van der Waals surface area contributed by atoms with Crippen molar-refractivity contribution in [1.82, 2.24) is 0 Å². The Labute approximate surface area is 85.8 Å². The summed E-state index contributed by atoms with van der Waals surface area (Å²) in [7, 11) is 0. The minimum Gasteiger partial charge on any atom is -0.396 e. The van der Waals surface area contributed by atoms with Gasteiger partial charge in [-0.15, -0.1) is 11.3 Å². The van der Waals surface area contributed by atoms with Crippen LogP contribution in [0.25, 0.3) is 10.1 Å². The van der Waals surface area contributed by atoms with Crippen molar-refractivity contribution in [2.45, 2.75) is 12.8 Å². The maximum atomic E-state index is 12.9. The monoisotopic (exact) mass is 210 g/mol. The molecule has 1 N–H and O–H groups in total. The Hall–Kier alpha value is -0.930. The zero-order valence-corrected chi connectivity index (χ0v) is 8.64. The van der Waals surface area contributed by atoms with Crippen molar-refractivity contribution in [3.8, 4) is 0 Å². The summed E-state index contributed by atoms with van der Waals surface area (Å²) in [5, 5.41) is 12.1. The fraction of sp³-hybridized carbons (Fsp3) is 0.273. The largest absolute Gasteiger partial charge is 0.396 e. The second-order valence-corrected chi connectivity index (χ2v) is 4.33. The van der Waals surface area contributed by atoms with Gasteiger partial charge >= 0.3 is 0 Å². The number of halogens is 1. The van der Waals surface area contributed by atoms with Gasteiger partial charge in [-0.25, -0.2) is 4.39 Å². The standard InChI is InChI=1S/C11H11FOS/c1-7(5-13)10-6-14-11-4-8(12)2-3-9(10)11/h2-4,6-7,13H,5H2,1H3. The van der Waals surface area contributed by atoms with Crippen molar-refractivity contribution in [3.05, 3.63) is 35.0 Å². The van der Waals surface area contributed by atoms with E-state index in [0.29, 0.717) is 0 Å². The lowest BCUT2D eigenvalue weighted by molar-refractivity contribution is 0.274. The Kier molecular flexibility index (Phi) is 2.52. The van der Waals surface area contributed by atoms with Crippen LogP contribution in [0.15, 0.2) is 23.6 Å². The minimum absolute atomic E-state index is 0.120. The van der Waals surface area contributed by atoms with Gasteiger partial charge in [-0.1, -0.05) is 13.0 Å². The van der Waals surface area contributed by atoms with E-state index in [1.54, 1.807) is 6.07 Å². The van der Waals surface area contributed by atoms with Crippen LogP contribution in [-0.2, 0) is 0 Å². The van der Waals surface area contributed by atoms with Crippen LogP contribution in [0.2, 0.25) is 0 Å². The number of thiophene rings is 1. The van der Waals surface area contributed by atoms with E-state index in [4.69, 9.17) is 5.11 Å². The molecule has 0 spiro atoms. The van der Waals surface area contributed by atoms with Gasteiger partial charge in [0, 0.05) is 17.2 Å². The van der Waals surface area contributed by atoms with Crippen molar-refractivity contribution < 1.29 is 9.50 Å². The quantitative estimate of drug-likeness (QED) is 0.807. The Balaban J connectivity index is 2.58. The normalized spacial score (nSPS) is 13.4. The van der Waals surface area contributed by atoms with Crippen molar-refractivity contribution in [2.24, 2.45) is 0 Å². The minimum atomic E-state index is -0.206. The molecule has 74 valence electrons. The lowest BCUT2D eigenvalue weighted by Crippen LogP contribution is -1.97. The summed E-state index contributed by atoms with van der Waals surface area (Å²) in [4.78, 5) is 0. The molecule has 14 heavy (non-hydrogen) atoms. The van der Waals surface area contributed by atoms with Gasteiger partial charge in [0.2, 0.25) is 0 Å². The Morgan fingerprint density at radius 1 is 1.50 bits per heavy atom. The highest BCUT2D eigenvalue weighted by Crippen LogP contribution is 2.31. The molecule has 0 saturated heterocycles. The molecule has 0 fully saturated rings. The molecule has 0 aliphatic heterocycles. The molecule has 0 radical (unpaired) electrons. The second-order valence-electron chi connectivity index (χ2n) is 3.42. The van der Waals surface area contributed by atoms with Crippen LogP contribution in [-0.4, -0.2) is 11.7 Å². The number of hydrogen-bond acceptors (Lipinski definition) is 2. The van der Waals surface area contributed by atoms with E-state index in [9.17, 15) is 4.39 Å². The molecular weight excluding hydrogens is 199 g/mol. The third-order valence-electron chi connectivity index (χ3n) is 2.37. The number of benzene rings is 1. The summed E-state index contributed by atoms with van der Waals surface area (Å²) in [5.74, 6) is -0.0863. The Morgan fingerprint density at radius 2 is 2.29 bits per heavy atom. The molecule has 0 aliphatic carbocycles. The summed E-state index contributed by atoms with van der Waals surface area (Å²) < 4.78 is 13.8. The van der Waals surface area contributed by atoms with Crippen LogP contribution in [0, 0.1) is 5.82 Å². The first-order valence-electron chi connectivity index (χ1n) is 4.50. The van der Waals surface area contributed by atoms with Crippen LogP contribution in [0.4, 0.5) is 4.39 Å². The highest BCUT2D eigenvalue weighted by Gasteiger charge is 2.10. The third kappa shape index (κ3) is 1.53. The lowest BCUT2D eigenvalue weighted by atomic mass is 10.0. The van der Waals surface area contributed by atoms with E-state index in [0.717, 1.165) is 15.6 Å². The smallest absolute Gasteiger partial charge is 0.124 e. The second kappa shape index (κ2) is 3.67. The first-order valence-corrected chi connectivity index (χ1v) is 5.38. The molecule has 1 heterocycles.